The summed E-state index contributed by atoms with van der Waals surface area (Å²) in [6.07, 6.45) is 2.84. The van der Waals surface area contributed by atoms with Crippen molar-refractivity contribution >= 4 is 44.7 Å². The Bertz CT molecular complexity index is 1370. The Labute approximate surface area is 222 Å². The zero-order valence-corrected chi connectivity index (χ0v) is 23.2. The number of hydrogen-bond acceptors (Lipinski definition) is 7. The maximum Gasteiger partial charge on any atom is 0.332 e. The van der Waals surface area contributed by atoms with Gasteiger partial charge in [-0.25, -0.2) is 14.8 Å². The molecular formula is C25H30BrClN4O5. The zero-order valence-electron chi connectivity index (χ0n) is 20.8. The molecule has 11 heteroatoms. The van der Waals surface area contributed by atoms with Gasteiger partial charge in [0.25, 0.3) is 5.56 Å². The molecule has 0 saturated heterocycles. The predicted molar refractivity (Wildman–Crippen MR) is 142 cm³/mol. The lowest BCUT2D eigenvalue weighted by Crippen LogP contribution is -2.40. The second-order valence-electron chi connectivity index (χ2n) is 8.95. The average Bonchev–Trinajstić information content (AvgIpc) is 2.81. The number of aryl methyl sites for hydroxylation is 1. The van der Waals surface area contributed by atoms with Crippen LogP contribution < -0.4 is 16.0 Å². The van der Waals surface area contributed by atoms with Crippen molar-refractivity contribution in [2.75, 3.05) is 6.61 Å². The van der Waals surface area contributed by atoms with Gasteiger partial charge in [0.2, 0.25) is 0 Å². The number of halogens is 2. The molecule has 0 fully saturated rings. The van der Waals surface area contributed by atoms with Gasteiger partial charge in [-0.2, -0.15) is 0 Å². The zero-order chi connectivity index (χ0) is 26.4. The second-order valence-corrected chi connectivity index (χ2v) is 10.2. The molecule has 3 rings (SSSR count). The lowest BCUT2D eigenvalue weighted by Gasteiger charge is -2.16. The van der Waals surface area contributed by atoms with Gasteiger partial charge < -0.3 is 9.47 Å². The number of ether oxygens (including phenoxy) is 2. The molecule has 2 aromatic heterocycles. The molecular weight excluding hydrogens is 552 g/mol. The average molecular weight is 582 g/mol. The van der Waals surface area contributed by atoms with E-state index < -0.39 is 11.2 Å². The van der Waals surface area contributed by atoms with Crippen LogP contribution in [0.1, 0.15) is 51.4 Å². The van der Waals surface area contributed by atoms with Gasteiger partial charge in [0.15, 0.2) is 11.2 Å². The number of carbonyl (C=O) groups is 1. The highest BCUT2D eigenvalue weighted by Gasteiger charge is 2.19. The SMILES string of the molecule is CC(=O)OCCCCCc1nc2c(=O)n(C)c(=O)n(CC(C)C)c2nc1COc1ccc(Cl)cc1Br. The molecule has 194 valence electrons. The van der Waals surface area contributed by atoms with Gasteiger partial charge in [0.05, 0.1) is 16.8 Å². The quantitative estimate of drug-likeness (QED) is 0.244. The number of aromatic nitrogens is 4. The Morgan fingerprint density at radius 1 is 1.14 bits per heavy atom. The summed E-state index contributed by atoms with van der Waals surface area (Å²) in [6, 6.07) is 5.21. The number of unbranched alkanes of at least 4 members (excludes halogenated alkanes) is 2. The number of rotatable bonds is 11. The molecule has 0 bridgehead atoms. The van der Waals surface area contributed by atoms with Crippen LogP contribution in [-0.4, -0.2) is 31.7 Å². The smallest absolute Gasteiger partial charge is 0.332 e. The van der Waals surface area contributed by atoms with E-state index >= 15 is 0 Å². The molecule has 36 heavy (non-hydrogen) atoms. The Morgan fingerprint density at radius 3 is 2.56 bits per heavy atom. The van der Waals surface area contributed by atoms with E-state index in [1.165, 1.54) is 18.5 Å². The molecule has 0 aliphatic carbocycles. The van der Waals surface area contributed by atoms with Crippen LogP contribution in [0.4, 0.5) is 0 Å². The van der Waals surface area contributed by atoms with Gasteiger partial charge in [0.1, 0.15) is 18.1 Å². The standard InChI is InChI=1S/C25H30BrClN4O5/c1-15(2)13-31-23-22(24(33)30(4)25(31)34)28-19(8-6-5-7-11-35-16(3)32)20(29-23)14-36-21-10-9-17(27)12-18(21)26/h9-10,12,15H,5-8,11,13-14H2,1-4H3. The summed E-state index contributed by atoms with van der Waals surface area (Å²) in [5.74, 6) is 0.440. The van der Waals surface area contributed by atoms with E-state index in [1.54, 1.807) is 18.2 Å². The molecule has 1 aromatic carbocycles. The first-order valence-electron chi connectivity index (χ1n) is 11.8. The molecule has 0 radical (unpaired) electrons. The van der Waals surface area contributed by atoms with Crippen molar-refractivity contribution in [3.8, 4) is 5.75 Å². The number of carbonyl (C=O) groups excluding carboxylic acids is 1. The van der Waals surface area contributed by atoms with Gasteiger partial charge in [-0.15, -0.1) is 0 Å². The summed E-state index contributed by atoms with van der Waals surface area (Å²) in [5, 5.41) is 0.572. The molecule has 0 saturated carbocycles. The molecule has 3 aromatic rings. The minimum atomic E-state index is -0.480. The van der Waals surface area contributed by atoms with Gasteiger partial charge in [0, 0.05) is 25.5 Å². The van der Waals surface area contributed by atoms with Crippen LogP contribution in [0.15, 0.2) is 32.3 Å². The Morgan fingerprint density at radius 2 is 1.89 bits per heavy atom. The molecule has 0 aliphatic rings. The largest absolute Gasteiger partial charge is 0.486 e. The van der Waals surface area contributed by atoms with Gasteiger partial charge in [-0.05, 0) is 65.7 Å². The minimum absolute atomic E-state index is 0.0943. The first-order chi connectivity index (χ1) is 17.1. The van der Waals surface area contributed by atoms with Crippen LogP contribution in [0.25, 0.3) is 11.2 Å². The van der Waals surface area contributed by atoms with Crippen molar-refractivity contribution in [3.63, 3.8) is 0 Å². The normalized spacial score (nSPS) is 11.3. The highest BCUT2D eigenvalue weighted by atomic mass is 79.9. The summed E-state index contributed by atoms with van der Waals surface area (Å²) in [4.78, 5) is 46.2. The van der Waals surface area contributed by atoms with E-state index in [4.69, 9.17) is 26.1 Å². The van der Waals surface area contributed by atoms with Crippen molar-refractivity contribution in [1.82, 2.24) is 19.1 Å². The van der Waals surface area contributed by atoms with Crippen molar-refractivity contribution in [3.05, 3.63) is 59.9 Å². The first kappa shape index (κ1) is 27.9. The van der Waals surface area contributed by atoms with Crippen LogP contribution in [0, 0.1) is 5.92 Å². The van der Waals surface area contributed by atoms with Gasteiger partial charge in [-0.3, -0.25) is 18.7 Å². The summed E-state index contributed by atoms with van der Waals surface area (Å²) in [5.41, 5.74) is 0.683. The van der Waals surface area contributed by atoms with Crippen molar-refractivity contribution in [2.24, 2.45) is 13.0 Å². The Balaban J connectivity index is 1.99. The van der Waals surface area contributed by atoms with E-state index in [-0.39, 0.29) is 29.7 Å². The summed E-state index contributed by atoms with van der Waals surface area (Å²) in [6.45, 7) is 6.22. The van der Waals surface area contributed by atoms with Crippen molar-refractivity contribution in [2.45, 2.75) is 59.6 Å². The van der Waals surface area contributed by atoms with Crippen LogP contribution >= 0.6 is 27.5 Å². The molecule has 0 aliphatic heterocycles. The number of esters is 1. The fraction of sp³-hybridized carbons (Fsp3) is 0.480. The maximum absolute atomic E-state index is 12.9. The number of fused-ring (bicyclic) bond motifs is 1. The van der Waals surface area contributed by atoms with Crippen LogP contribution in [-0.2, 0) is 36.2 Å². The molecule has 9 nitrogen and oxygen atoms in total. The van der Waals surface area contributed by atoms with Crippen LogP contribution in [0.3, 0.4) is 0 Å². The lowest BCUT2D eigenvalue weighted by atomic mass is 10.1. The van der Waals surface area contributed by atoms with E-state index in [9.17, 15) is 14.4 Å². The van der Waals surface area contributed by atoms with Crippen LogP contribution in [0.5, 0.6) is 5.75 Å². The molecule has 0 unspecified atom stereocenters. The van der Waals surface area contributed by atoms with E-state index in [1.807, 2.05) is 13.8 Å². The van der Waals surface area contributed by atoms with Gasteiger partial charge >= 0.3 is 11.7 Å². The third kappa shape index (κ3) is 6.94. The summed E-state index contributed by atoms with van der Waals surface area (Å²) >= 11 is 9.49. The monoisotopic (exact) mass is 580 g/mol. The molecule has 0 spiro atoms. The number of hydrogen-bond donors (Lipinski definition) is 0. The number of benzene rings is 1. The highest BCUT2D eigenvalue weighted by Crippen LogP contribution is 2.29. The van der Waals surface area contributed by atoms with Gasteiger partial charge in [-0.1, -0.05) is 25.4 Å². The van der Waals surface area contributed by atoms with E-state index in [2.05, 4.69) is 20.9 Å². The molecule has 0 atom stereocenters. The van der Waals surface area contributed by atoms with E-state index in [0.29, 0.717) is 46.2 Å². The fourth-order valence-electron chi connectivity index (χ4n) is 3.71. The van der Waals surface area contributed by atoms with Crippen molar-refractivity contribution in [1.29, 1.82) is 0 Å². The topological polar surface area (TPSA) is 105 Å². The molecule has 2 heterocycles. The maximum atomic E-state index is 12.9. The fourth-order valence-corrected chi connectivity index (χ4v) is 4.51. The first-order valence-corrected chi connectivity index (χ1v) is 13.0. The van der Waals surface area contributed by atoms with Crippen LogP contribution in [0.2, 0.25) is 5.02 Å². The minimum Gasteiger partial charge on any atom is -0.486 e. The summed E-state index contributed by atoms with van der Waals surface area (Å²) in [7, 11) is 1.45. The van der Waals surface area contributed by atoms with Crippen molar-refractivity contribution < 1.29 is 14.3 Å². The summed E-state index contributed by atoms with van der Waals surface area (Å²) < 4.78 is 14.3. The molecule has 0 N–H and O–H groups in total. The third-order valence-electron chi connectivity index (χ3n) is 5.48. The highest BCUT2D eigenvalue weighted by molar-refractivity contribution is 9.10. The molecule has 0 amide bonds. The van der Waals surface area contributed by atoms with E-state index in [0.717, 1.165) is 23.8 Å². The third-order valence-corrected chi connectivity index (χ3v) is 6.34. The Kier molecular flexibility index (Phi) is 9.67. The number of nitrogens with zero attached hydrogens (tertiary/aromatic N) is 4. The predicted octanol–water partition coefficient (Wildman–Crippen LogP) is 4.42. The Hall–Kier alpha value is -2.72. The second kappa shape index (κ2) is 12.5. The lowest BCUT2D eigenvalue weighted by molar-refractivity contribution is -0.141.